The lowest BCUT2D eigenvalue weighted by Crippen LogP contribution is -2.56. The zero-order chi connectivity index (χ0) is 27.0. The molecule has 35 heavy (non-hydrogen) atoms. The van der Waals surface area contributed by atoms with Crippen LogP contribution in [0.15, 0.2) is 36.4 Å². The van der Waals surface area contributed by atoms with E-state index in [9.17, 15) is 49.7 Å². The number of alkyl halides is 6. The third kappa shape index (κ3) is 5.73. The highest BCUT2D eigenvalue weighted by atomic mass is 32.2. The molecule has 0 aliphatic heterocycles. The van der Waals surface area contributed by atoms with Crippen molar-refractivity contribution in [3.8, 4) is 0 Å². The number of aryl methyl sites for hydroxylation is 2. The number of halogens is 6. The van der Waals surface area contributed by atoms with Crippen LogP contribution in [0.3, 0.4) is 0 Å². The lowest BCUT2D eigenvalue weighted by molar-refractivity contribution is -0.384. The fourth-order valence-corrected chi connectivity index (χ4v) is 4.06. The van der Waals surface area contributed by atoms with Gasteiger partial charge in [0.1, 0.15) is 0 Å². The Kier molecular flexibility index (Phi) is 7.57. The zero-order valence-corrected chi connectivity index (χ0v) is 19.1. The molecule has 0 aromatic heterocycles. The molecule has 0 atom stereocenters. The molecule has 8 nitrogen and oxygen atoms in total. The van der Waals surface area contributed by atoms with Gasteiger partial charge in [0.25, 0.3) is 21.7 Å². The topological polar surface area (TPSA) is 116 Å². The van der Waals surface area contributed by atoms with Gasteiger partial charge in [-0.2, -0.15) is 34.8 Å². The summed E-state index contributed by atoms with van der Waals surface area (Å²) < 4.78 is 110. The maximum atomic E-state index is 13.9. The first kappa shape index (κ1) is 28.0. The molecule has 0 unspecified atom stereocenters. The predicted octanol–water partition coefficient (Wildman–Crippen LogP) is 5.01. The first-order chi connectivity index (χ1) is 15.8. The summed E-state index contributed by atoms with van der Waals surface area (Å²) in [7, 11) is -5.27. The number of rotatable bonds is 7. The summed E-state index contributed by atoms with van der Waals surface area (Å²) in [5.74, 6) is -0.912. The summed E-state index contributed by atoms with van der Waals surface area (Å²) >= 11 is 0. The molecule has 0 saturated heterocycles. The van der Waals surface area contributed by atoms with Crippen molar-refractivity contribution < 1.29 is 48.7 Å². The summed E-state index contributed by atoms with van der Waals surface area (Å²) in [6.45, 7) is 2.48. The summed E-state index contributed by atoms with van der Waals surface area (Å²) in [6.07, 6.45) is -12.6. The van der Waals surface area contributed by atoms with Crippen LogP contribution in [0.25, 0.3) is 0 Å². The molecule has 0 spiro atoms. The van der Waals surface area contributed by atoms with E-state index in [0.29, 0.717) is 12.1 Å². The quantitative estimate of drug-likeness (QED) is 0.234. The fourth-order valence-electron chi connectivity index (χ4n) is 3.33. The van der Waals surface area contributed by atoms with E-state index in [4.69, 9.17) is 0 Å². The van der Waals surface area contributed by atoms with Crippen molar-refractivity contribution in [3.63, 3.8) is 0 Å². The van der Waals surface area contributed by atoms with Crippen molar-refractivity contribution >= 4 is 27.4 Å². The van der Waals surface area contributed by atoms with Gasteiger partial charge in [-0.3, -0.25) is 14.9 Å². The molecule has 2 aromatic rings. The van der Waals surface area contributed by atoms with Crippen molar-refractivity contribution in [1.82, 2.24) is 0 Å². The normalized spacial score (nSPS) is 12.9. The van der Waals surface area contributed by atoms with Gasteiger partial charge >= 0.3 is 18.0 Å². The van der Waals surface area contributed by atoms with Crippen LogP contribution in [0.1, 0.15) is 34.0 Å². The number of hydrogen-bond donors (Lipinski definition) is 1. The Hall–Kier alpha value is -3.20. The highest BCUT2D eigenvalue weighted by Gasteiger charge is 2.75. The smallest absolute Gasteiger partial charge is 0.321 e. The van der Waals surface area contributed by atoms with Gasteiger partial charge in [0.2, 0.25) is 0 Å². The van der Waals surface area contributed by atoms with Gasteiger partial charge in [-0.15, -0.1) is 0 Å². The second-order valence-electron chi connectivity index (χ2n) is 7.41. The molecule has 0 heterocycles. The number of anilines is 1. The number of nitrogens with zero attached hydrogens (tertiary/aromatic N) is 1. The summed E-state index contributed by atoms with van der Waals surface area (Å²) in [4.78, 5) is 22.8. The largest absolute Gasteiger partial charge is 0.432 e. The molecular weight excluding hydrogens is 510 g/mol. The van der Waals surface area contributed by atoms with Crippen LogP contribution >= 0.6 is 0 Å². The molecule has 192 valence electrons. The zero-order valence-electron chi connectivity index (χ0n) is 18.2. The highest BCUT2D eigenvalue weighted by Crippen LogP contribution is 2.54. The van der Waals surface area contributed by atoms with Crippen molar-refractivity contribution in [3.05, 3.63) is 68.8 Å². The number of hydrogen-bond acceptors (Lipinski definition) is 6. The van der Waals surface area contributed by atoms with Crippen LogP contribution in [-0.4, -0.2) is 37.9 Å². The Balaban J connectivity index is 2.70. The van der Waals surface area contributed by atoms with Crippen molar-refractivity contribution in [2.75, 3.05) is 11.6 Å². The second kappa shape index (κ2) is 9.45. The molecular formula is C20H18F6N2O6S. The lowest BCUT2D eigenvalue weighted by Gasteiger charge is -2.36. The molecule has 0 aliphatic carbocycles. The van der Waals surface area contributed by atoms with E-state index in [2.05, 4.69) is 9.50 Å². The molecule has 0 saturated carbocycles. The number of nitrogens with one attached hydrogen (secondary N) is 1. The van der Waals surface area contributed by atoms with Crippen LogP contribution in [0.2, 0.25) is 0 Å². The first-order valence-electron chi connectivity index (χ1n) is 9.58. The Morgan fingerprint density at radius 2 is 1.66 bits per heavy atom. The van der Waals surface area contributed by atoms with Crippen molar-refractivity contribution in [2.45, 2.75) is 38.2 Å². The van der Waals surface area contributed by atoms with Crippen LogP contribution in [0.5, 0.6) is 0 Å². The number of carbonyl (C=O) groups excluding carboxylic acids is 1. The van der Waals surface area contributed by atoms with Crippen molar-refractivity contribution in [1.29, 1.82) is 0 Å². The molecule has 1 amide bonds. The van der Waals surface area contributed by atoms with Gasteiger partial charge < -0.3 is 5.32 Å². The molecule has 15 heteroatoms. The minimum atomic E-state index is -6.24. The number of nitro groups is 1. The van der Waals surface area contributed by atoms with Gasteiger partial charge in [0.15, 0.2) is 0 Å². The minimum Gasteiger partial charge on any atom is -0.321 e. The maximum absolute atomic E-state index is 13.9. The van der Waals surface area contributed by atoms with Crippen LogP contribution in [0.4, 0.5) is 37.7 Å². The lowest BCUT2D eigenvalue weighted by atomic mass is 9.88. The van der Waals surface area contributed by atoms with Crippen LogP contribution in [-0.2, 0) is 26.3 Å². The average Bonchev–Trinajstić information content (AvgIpc) is 2.70. The number of carbonyl (C=O) groups is 1. The maximum Gasteiger partial charge on any atom is 0.432 e. The molecule has 2 rings (SSSR count). The molecule has 0 bridgehead atoms. The third-order valence-electron chi connectivity index (χ3n) is 4.84. The second-order valence-corrected chi connectivity index (χ2v) is 8.98. The van der Waals surface area contributed by atoms with Crippen molar-refractivity contribution in [2.24, 2.45) is 0 Å². The first-order valence-corrected chi connectivity index (χ1v) is 11.4. The van der Waals surface area contributed by atoms with Gasteiger partial charge in [-0.05, 0) is 30.5 Å². The van der Waals surface area contributed by atoms with Gasteiger partial charge in [0, 0.05) is 28.9 Å². The van der Waals surface area contributed by atoms with Crippen LogP contribution < -0.4 is 5.32 Å². The molecule has 0 radical (unpaired) electrons. The average molecular weight is 528 g/mol. The number of benzene rings is 2. The highest BCUT2D eigenvalue weighted by molar-refractivity contribution is 7.86. The molecule has 2 aromatic carbocycles. The monoisotopic (exact) mass is 528 g/mol. The Morgan fingerprint density at radius 3 is 2.11 bits per heavy atom. The van der Waals surface area contributed by atoms with E-state index in [1.165, 1.54) is 19.1 Å². The SMILES string of the molecule is CCc1cc(C(OS(C)(=O)=O)(C(F)(F)F)C(F)(F)F)cc(C)c1NC(=O)c1cccc([N+](=O)[O-])c1. The molecule has 0 aliphatic rings. The standard InChI is InChI=1S/C20H18F6N2O6S/c1-4-12-9-14(18(19(21,22)23,20(24,25)26)34-35(3,32)33)8-11(2)16(12)27-17(29)13-6-5-7-15(10-13)28(30)31/h5-10H,4H2,1-3H3,(H,27,29). The van der Waals surface area contributed by atoms with E-state index in [0.717, 1.165) is 19.1 Å². The van der Waals surface area contributed by atoms with E-state index in [1.54, 1.807) is 0 Å². The van der Waals surface area contributed by atoms with Gasteiger partial charge in [-0.1, -0.05) is 25.1 Å². The number of nitro benzene ring substituents is 1. The third-order valence-corrected chi connectivity index (χ3v) is 5.39. The summed E-state index contributed by atoms with van der Waals surface area (Å²) in [5, 5.41) is 13.3. The van der Waals surface area contributed by atoms with E-state index < -0.39 is 50.2 Å². The van der Waals surface area contributed by atoms with Gasteiger partial charge in [-0.25, -0.2) is 4.18 Å². The Labute approximate surface area is 195 Å². The fraction of sp³-hybridized carbons (Fsp3) is 0.350. The number of amides is 1. The summed E-state index contributed by atoms with van der Waals surface area (Å²) in [5.41, 5.74) is -7.98. The number of non-ortho nitro benzene ring substituents is 1. The Bertz CT molecular complexity index is 1240. The van der Waals surface area contributed by atoms with Crippen LogP contribution in [0, 0.1) is 17.0 Å². The Morgan fingerprint density at radius 1 is 1.09 bits per heavy atom. The van der Waals surface area contributed by atoms with Gasteiger partial charge in [0.05, 0.1) is 11.2 Å². The van der Waals surface area contributed by atoms with E-state index >= 15 is 0 Å². The summed E-state index contributed by atoms with van der Waals surface area (Å²) in [6, 6.07) is 5.34. The minimum absolute atomic E-state index is 0.0560. The molecule has 1 N–H and O–H groups in total. The predicted molar refractivity (Wildman–Crippen MR) is 111 cm³/mol. The van der Waals surface area contributed by atoms with E-state index in [-0.39, 0.29) is 35.1 Å². The molecule has 0 fully saturated rings. The van der Waals surface area contributed by atoms with E-state index in [1.807, 2.05) is 0 Å².